The molecule has 1 aliphatic carbocycles. The molecule has 20 heavy (non-hydrogen) atoms. The van der Waals surface area contributed by atoms with Crippen molar-refractivity contribution in [1.82, 2.24) is 9.97 Å². The van der Waals surface area contributed by atoms with Crippen LogP contribution in [0.2, 0.25) is 0 Å². The van der Waals surface area contributed by atoms with Gasteiger partial charge in [-0.1, -0.05) is 0 Å². The van der Waals surface area contributed by atoms with Crippen LogP contribution in [-0.4, -0.2) is 40.9 Å². The smallest absolute Gasteiger partial charge is 0.0985 e. The van der Waals surface area contributed by atoms with E-state index in [1.807, 2.05) is 11.8 Å². The Bertz CT molecular complexity index is 610. The number of fused-ring (bicyclic) bond motifs is 1. The summed E-state index contributed by atoms with van der Waals surface area (Å²) in [6.45, 7) is 1.67. The topological polar surface area (TPSA) is 41.1 Å². The van der Waals surface area contributed by atoms with Crippen LogP contribution in [0.15, 0.2) is 24.5 Å². The summed E-state index contributed by atoms with van der Waals surface area (Å²) in [5.74, 6) is 0.808. The maximum atomic E-state index is 5.83. The zero-order chi connectivity index (χ0) is 13.5. The van der Waals surface area contributed by atoms with Crippen molar-refractivity contribution in [1.29, 1.82) is 0 Å². The second-order valence-corrected chi connectivity index (χ2v) is 6.66. The molecule has 2 atom stereocenters. The quantitative estimate of drug-likeness (QED) is 0.943. The highest BCUT2D eigenvalue weighted by atomic mass is 32.2. The summed E-state index contributed by atoms with van der Waals surface area (Å²) in [6, 6.07) is 7.07. The number of morpholine rings is 1. The van der Waals surface area contributed by atoms with E-state index in [2.05, 4.69) is 39.3 Å². The third-order valence-corrected chi connectivity index (χ3v) is 5.26. The molecule has 1 aromatic heterocycles. The van der Waals surface area contributed by atoms with E-state index in [1.165, 1.54) is 18.5 Å². The number of anilines is 1. The molecular weight excluding hydrogens is 270 g/mol. The third-order valence-electron chi connectivity index (χ3n) is 4.36. The molecule has 4 rings (SSSR count). The Balaban J connectivity index is 1.73. The zero-order valence-corrected chi connectivity index (χ0v) is 12.4. The largest absolute Gasteiger partial charge is 0.376 e. The van der Waals surface area contributed by atoms with Crippen molar-refractivity contribution in [3.8, 4) is 0 Å². The number of hydrogen-bond acceptors (Lipinski definition) is 4. The molecular formula is C15H19N3OS. The van der Waals surface area contributed by atoms with E-state index in [0.717, 1.165) is 30.2 Å². The maximum Gasteiger partial charge on any atom is 0.0985 e. The summed E-state index contributed by atoms with van der Waals surface area (Å²) in [4.78, 5) is 10.1. The van der Waals surface area contributed by atoms with Gasteiger partial charge >= 0.3 is 0 Å². The van der Waals surface area contributed by atoms with E-state index >= 15 is 0 Å². The Kier molecular flexibility index (Phi) is 3.11. The van der Waals surface area contributed by atoms with Gasteiger partial charge in [0.15, 0.2) is 0 Å². The lowest BCUT2D eigenvalue weighted by atomic mass is 10.1. The number of aromatic amines is 1. The highest BCUT2D eigenvalue weighted by Crippen LogP contribution is 2.41. The molecule has 1 saturated carbocycles. The van der Waals surface area contributed by atoms with Crippen LogP contribution in [0.25, 0.3) is 11.0 Å². The lowest BCUT2D eigenvalue weighted by Gasteiger charge is -2.43. The molecule has 2 aromatic rings. The van der Waals surface area contributed by atoms with Gasteiger partial charge in [0.25, 0.3) is 0 Å². The number of aromatic nitrogens is 2. The van der Waals surface area contributed by atoms with Crippen LogP contribution in [0, 0.1) is 5.92 Å². The lowest BCUT2D eigenvalue weighted by molar-refractivity contribution is 0.0804. The average Bonchev–Trinajstić information content (AvgIpc) is 3.23. The van der Waals surface area contributed by atoms with Gasteiger partial charge in [-0.25, -0.2) is 4.98 Å². The highest BCUT2D eigenvalue weighted by Gasteiger charge is 2.40. The van der Waals surface area contributed by atoms with Crippen LogP contribution in [0.1, 0.15) is 12.8 Å². The molecule has 1 N–H and O–H groups in total. The first-order valence-corrected chi connectivity index (χ1v) is 8.47. The van der Waals surface area contributed by atoms with Gasteiger partial charge in [-0.15, -0.1) is 11.8 Å². The fourth-order valence-electron chi connectivity index (χ4n) is 3.13. The molecule has 0 spiro atoms. The molecule has 2 fully saturated rings. The Morgan fingerprint density at radius 2 is 2.25 bits per heavy atom. The summed E-state index contributed by atoms with van der Waals surface area (Å²) < 4.78 is 5.83. The van der Waals surface area contributed by atoms with Crippen molar-refractivity contribution in [2.75, 3.05) is 24.4 Å². The number of rotatable bonds is 3. The molecule has 5 heteroatoms. The van der Waals surface area contributed by atoms with Crippen molar-refractivity contribution < 1.29 is 4.74 Å². The van der Waals surface area contributed by atoms with Crippen LogP contribution in [-0.2, 0) is 4.74 Å². The molecule has 4 nitrogen and oxygen atoms in total. The van der Waals surface area contributed by atoms with E-state index in [4.69, 9.17) is 4.74 Å². The zero-order valence-electron chi connectivity index (χ0n) is 11.6. The number of nitrogens with one attached hydrogen (secondary N) is 1. The molecule has 0 amide bonds. The van der Waals surface area contributed by atoms with Gasteiger partial charge in [0, 0.05) is 5.69 Å². The summed E-state index contributed by atoms with van der Waals surface area (Å²) >= 11 is 1.88. The van der Waals surface area contributed by atoms with Gasteiger partial charge in [0.1, 0.15) is 0 Å². The van der Waals surface area contributed by atoms with Crippen LogP contribution >= 0.6 is 11.8 Å². The van der Waals surface area contributed by atoms with Crippen LogP contribution in [0.5, 0.6) is 0 Å². The average molecular weight is 289 g/mol. The summed E-state index contributed by atoms with van der Waals surface area (Å²) in [5.41, 5.74) is 3.44. The molecule has 0 radical (unpaired) electrons. The Morgan fingerprint density at radius 1 is 1.35 bits per heavy atom. The van der Waals surface area contributed by atoms with Gasteiger partial charge in [-0.3, -0.25) is 0 Å². The third kappa shape index (κ3) is 2.09. The first-order chi connectivity index (χ1) is 9.86. The van der Waals surface area contributed by atoms with E-state index in [-0.39, 0.29) is 0 Å². The molecule has 106 valence electrons. The van der Waals surface area contributed by atoms with E-state index in [0.29, 0.717) is 11.4 Å². The molecule has 2 unspecified atom stereocenters. The molecule has 1 saturated heterocycles. The number of imidazole rings is 1. The number of thioether (sulfide) groups is 1. The predicted molar refractivity (Wildman–Crippen MR) is 83.2 cm³/mol. The fourth-order valence-corrected chi connectivity index (χ4v) is 3.87. The number of ether oxygens (including phenoxy) is 1. The number of H-pyrrole nitrogens is 1. The summed E-state index contributed by atoms with van der Waals surface area (Å²) in [5, 5.41) is 0.412. The minimum atomic E-state index is 0.412. The van der Waals surface area contributed by atoms with Crippen molar-refractivity contribution in [2.45, 2.75) is 24.3 Å². The Morgan fingerprint density at radius 3 is 3.05 bits per heavy atom. The van der Waals surface area contributed by atoms with Crippen molar-refractivity contribution in [2.24, 2.45) is 5.92 Å². The fraction of sp³-hybridized carbons (Fsp3) is 0.533. The van der Waals surface area contributed by atoms with Crippen molar-refractivity contribution >= 4 is 28.5 Å². The Hall–Kier alpha value is -1.20. The highest BCUT2D eigenvalue weighted by molar-refractivity contribution is 7.99. The van der Waals surface area contributed by atoms with E-state index in [1.54, 1.807) is 6.33 Å². The number of hydrogen-bond donors (Lipinski definition) is 1. The molecule has 1 aliphatic heterocycles. The van der Waals surface area contributed by atoms with Gasteiger partial charge in [-0.05, 0) is 43.2 Å². The second kappa shape index (κ2) is 4.97. The predicted octanol–water partition coefficient (Wildman–Crippen LogP) is 2.87. The summed E-state index contributed by atoms with van der Waals surface area (Å²) in [6.07, 6.45) is 6.62. The molecule has 2 heterocycles. The monoisotopic (exact) mass is 289 g/mol. The van der Waals surface area contributed by atoms with Gasteiger partial charge in [0.2, 0.25) is 0 Å². The minimum Gasteiger partial charge on any atom is -0.376 e. The molecule has 1 aromatic carbocycles. The summed E-state index contributed by atoms with van der Waals surface area (Å²) in [7, 11) is 0. The molecule has 2 aliphatic rings. The molecule has 0 bridgehead atoms. The minimum absolute atomic E-state index is 0.412. The maximum absolute atomic E-state index is 5.83. The van der Waals surface area contributed by atoms with E-state index in [9.17, 15) is 0 Å². The normalized spacial score (nSPS) is 27.1. The Labute approximate surface area is 122 Å². The van der Waals surface area contributed by atoms with Gasteiger partial charge in [0.05, 0.1) is 42.0 Å². The van der Waals surface area contributed by atoms with Crippen LogP contribution < -0.4 is 4.90 Å². The van der Waals surface area contributed by atoms with Gasteiger partial charge < -0.3 is 14.6 Å². The second-order valence-electron chi connectivity index (χ2n) is 5.64. The number of nitrogens with zero attached hydrogens (tertiary/aromatic N) is 2. The standard InChI is InChI=1S/C15H19N3OS/c1-20-15-8-19-7-14(10-2-3-10)18(15)11-4-5-12-13(6-11)17-9-16-12/h4-6,9-10,14-15H,2-3,7-8H2,1H3,(H,16,17). The number of benzene rings is 1. The van der Waals surface area contributed by atoms with Crippen LogP contribution in [0.3, 0.4) is 0 Å². The SMILES string of the molecule is CSC1COCC(C2CC2)N1c1ccc2nc[nH]c2c1. The van der Waals surface area contributed by atoms with Gasteiger partial charge in [-0.2, -0.15) is 0 Å². The first-order valence-electron chi connectivity index (χ1n) is 7.19. The van der Waals surface area contributed by atoms with E-state index < -0.39 is 0 Å². The van der Waals surface area contributed by atoms with Crippen molar-refractivity contribution in [3.63, 3.8) is 0 Å². The first kappa shape index (κ1) is 12.5. The van der Waals surface area contributed by atoms with Crippen molar-refractivity contribution in [3.05, 3.63) is 24.5 Å². The lowest BCUT2D eigenvalue weighted by Crippen LogP contribution is -2.52. The van der Waals surface area contributed by atoms with Crippen LogP contribution in [0.4, 0.5) is 5.69 Å².